The Hall–Kier alpha value is -0.570. The van der Waals surface area contributed by atoms with E-state index in [-0.39, 0.29) is 0 Å². The smallest absolute Gasteiger partial charge is 0.225 e. The summed E-state index contributed by atoms with van der Waals surface area (Å²) >= 11 is 0. The van der Waals surface area contributed by atoms with Crippen molar-refractivity contribution in [3.63, 3.8) is 0 Å². The highest BCUT2D eigenvalue weighted by atomic mass is 16.2. The zero-order chi connectivity index (χ0) is 10.3. The Morgan fingerprint density at radius 3 is 2.47 bits per heavy atom. The highest BCUT2D eigenvalue weighted by Crippen LogP contribution is 2.35. The Kier molecular flexibility index (Phi) is 2.23. The van der Waals surface area contributed by atoms with Crippen molar-refractivity contribution in [3.8, 4) is 0 Å². The molecule has 3 heteroatoms. The summed E-state index contributed by atoms with van der Waals surface area (Å²) in [6.45, 7) is 3.15. The first-order valence-corrected chi connectivity index (χ1v) is 6.33. The standard InChI is InChI=1S/C12H20N2O/c15-11(10-2-3-10)14-8-5-12(6-9-14)4-1-7-13-12/h10,13H,1-9H2. The van der Waals surface area contributed by atoms with E-state index in [0.717, 1.165) is 25.9 Å². The molecule has 1 saturated carbocycles. The van der Waals surface area contributed by atoms with E-state index in [2.05, 4.69) is 10.2 Å². The van der Waals surface area contributed by atoms with Crippen LogP contribution < -0.4 is 5.32 Å². The summed E-state index contributed by atoms with van der Waals surface area (Å²) in [5, 5.41) is 3.64. The average Bonchev–Trinajstić information content (AvgIpc) is 3.02. The first-order chi connectivity index (χ1) is 7.29. The Labute approximate surface area is 91.2 Å². The van der Waals surface area contributed by atoms with Gasteiger partial charge in [0.1, 0.15) is 0 Å². The lowest BCUT2D eigenvalue weighted by atomic mass is 9.86. The third kappa shape index (κ3) is 1.78. The maximum Gasteiger partial charge on any atom is 0.225 e. The van der Waals surface area contributed by atoms with E-state index in [1.807, 2.05) is 0 Å². The van der Waals surface area contributed by atoms with Gasteiger partial charge in [0, 0.05) is 24.5 Å². The normalized spacial score (nSPS) is 29.7. The monoisotopic (exact) mass is 208 g/mol. The van der Waals surface area contributed by atoms with Crippen molar-refractivity contribution in [2.24, 2.45) is 5.92 Å². The quantitative estimate of drug-likeness (QED) is 0.701. The van der Waals surface area contributed by atoms with Gasteiger partial charge in [-0.1, -0.05) is 0 Å². The molecule has 3 aliphatic rings. The van der Waals surface area contributed by atoms with Crippen LogP contribution in [0.5, 0.6) is 0 Å². The van der Waals surface area contributed by atoms with E-state index in [9.17, 15) is 4.79 Å². The maximum absolute atomic E-state index is 11.9. The molecule has 0 atom stereocenters. The average molecular weight is 208 g/mol. The number of likely N-dealkylation sites (tertiary alicyclic amines) is 1. The van der Waals surface area contributed by atoms with Gasteiger partial charge in [0.05, 0.1) is 0 Å². The predicted octanol–water partition coefficient (Wildman–Crippen LogP) is 1.14. The molecule has 0 aromatic rings. The molecule has 1 spiro atoms. The van der Waals surface area contributed by atoms with Crippen LogP contribution in [-0.2, 0) is 4.79 Å². The molecule has 2 saturated heterocycles. The molecule has 84 valence electrons. The lowest BCUT2D eigenvalue weighted by Gasteiger charge is -2.39. The molecule has 1 aliphatic carbocycles. The third-order valence-electron chi connectivity index (χ3n) is 4.29. The van der Waals surface area contributed by atoms with Gasteiger partial charge in [-0.15, -0.1) is 0 Å². The van der Waals surface area contributed by atoms with Gasteiger partial charge in [-0.25, -0.2) is 0 Å². The number of nitrogens with one attached hydrogen (secondary N) is 1. The second kappa shape index (κ2) is 3.48. The highest BCUT2D eigenvalue weighted by Gasteiger charge is 2.40. The van der Waals surface area contributed by atoms with Crippen LogP contribution in [0.15, 0.2) is 0 Å². The van der Waals surface area contributed by atoms with E-state index < -0.39 is 0 Å². The van der Waals surface area contributed by atoms with E-state index in [1.165, 1.54) is 32.2 Å². The molecule has 0 aromatic carbocycles. The zero-order valence-corrected chi connectivity index (χ0v) is 9.30. The van der Waals surface area contributed by atoms with E-state index in [0.29, 0.717) is 17.4 Å². The van der Waals surface area contributed by atoms with E-state index in [1.54, 1.807) is 0 Å². The van der Waals surface area contributed by atoms with Crippen LogP contribution in [0.25, 0.3) is 0 Å². The van der Waals surface area contributed by atoms with Gasteiger partial charge in [0.15, 0.2) is 0 Å². The van der Waals surface area contributed by atoms with Gasteiger partial charge in [-0.05, 0) is 45.1 Å². The topological polar surface area (TPSA) is 32.3 Å². The van der Waals surface area contributed by atoms with Crippen LogP contribution in [0, 0.1) is 5.92 Å². The van der Waals surface area contributed by atoms with Crippen molar-refractivity contribution in [3.05, 3.63) is 0 Å². The zero-order valence-electron chi connectivity index (χ0n) is 9.30. The lowest BCUT2D eigenvalue weighted by Crippen LogP contribution is -2.51. The SMILES string of the molecule is O=C(C1CC1)N1CCC2(CCCN2)CC1. The fourth-order valence-corrected chi connectivity index (χ4v) is 3.04. The number of carbonyl (C=O) groups excluding carboxylic acids is 1. The Morgan fingerprint density at radius 2 is 1.93 bits per heavy atom. The minimum absolute atomic E-state index is 0.399. The Morgan fingerprint density at radius 1 is 1.20 bits per heavy atom. The molecular weight excluding hydrogens is 188 g/mol. The molecule has 0 radical (unpaired) electrons. The molecule has 1 amide bonds. The van der Waals surface area contributed by atoms with Crippen molar-refractivity contribution >= 4 is 5.91 Å². The van der Waals surface area contributed by atoms with Gasteiger partial charge in [0.25, 0.3) is 0 Å². The molecule has 0 aromatic heterocycles. The molecule has 15 heavy (non-hydrogen) atoms. The van der Waals surface area contributed by atoms with Gasteiger partial charge >= 0.3 is 0 Å². The number of amides is 1. The van der Waals surface area contributed by atoms with Gasteiger partial charge in [0.2, 0.25) is 5.91 Å². The second-order valence-electron chi connectivity index (χ2n) is 5.41. The van der Waals surface area contributed by atoms with Crippen molar-refractivity contribution in [1.82, 2.24) is 10.2 Å². The largest absolute Gasteiger partial charge is 0.342 e. The van der Waals surface area contributed by atoms with Crippen LogP contribution >= 0.6 is 0 Å². The van der Waals surface area contributed by atoms with Crippen molar-refractivity contribution in [2.75, 3.05) is 19.6 Å². The lowest BCUT2D eigenvalue weighted by molar-refractivity contribution is -0.134. The highest BCUT2D eigenvalue weighted by molar-refractivity contribution is 5.81. The number of nitrogens with zero attached hydrogens (tertiary/aromatic N) is 1. The summed E-state index contributed by atoms with van der Waals surface area (Å²) in [4.78, 5) is 14.0. The minimum atomic E-state index is 0.399. The molecule has 2 heterocycles. The van der Waals surface area contributed by atoms with Gasteiger partial charge in [-0.3, -0.25) is 4.79 Å². The fraction of sp³-hybridized carbons (Fsp3) is 0.917. The van der Waals surface area contributed by atoms with Crippen LogP contribution in [-0.4, -0.2) is 36.0 Å². The van der Waals surface area contributed by atoms with Crippen LogP contribution in [0.3, 0.4) is 0 Å². The Balaban J connectivity index is 1.57. The number of carbonyl (C=O) groups is 1. The summed E-state index contributed by atoms with van der Waals surface area (Å²) in [6, 6.07) is 0. The number of piperidine rings is 1. The fourth-order valence-electron chi connectivity index (χ4n) is 3.04. The molecule has 0 bridgehead atoms. The van der Waals surface area contributed by atoms with Crippen molar-refractivity contribution in [1.29, 1.82) is 0 Å². The van der Waals surface area contributed by atoms with Crippen LogP contribution in [0.1, 0.15) is 38.5 Å². The van der Waals surface area contributed by atoms with Gasteiger partial charge in [-0.2, -0.15) is 0 Å². The molecule has 3 nitrogen and oxygen atoms in total. The number of hydrogen-bond acceptors (Lipinski definition) is 2. The second-order valence-corrected chi connectivity index (χ2v) is 5.41. The molecule has 3 rings (SSSR count). The van der Waals surface area contributed by atoms with E-state index >= 15 is 0 Å². The van der Waals surface area contributed by atoms with Crippen LogP contribution in [0.4, 0.5) is 0 Å². The predicted molar refractivity (Wildman–Crippen MR) is 58.5 cm³/mol. The van der Waals surface area contributed by atoms with Gasteiger partial charge < -0.3 is 10.2 Å². The van der Waals surface area contributed by atoms with Crippen LogP contribution in [0.2, 0.25) is 0 Å². The van der Waals surface area contributed by atoms with Crippen molar-refractivity contribution < 1.29 is 4.79 Å². The summed E-state index contributed by atoms with van der Waals surface area (Å²) in [7, 11) is 0. The molecule has 0 unspecified atom stereocenters. The van der Waals surface area contributed by atoms with E-state index in [4.69, 9.17) is 0 Å². The summed E-state index contributed by atoms with van der Waals surface area (Å²) in [5.74, 6) is 0.832. The number of hydrogen-bond donors (Lipinski definition) is 1. The first-order valence-electron chi connectivity index (χ1n) is 6.33. The molecule has 1 N–H and O–H groups in total. The number of rotatable bonds is 1. The summed E-state index contributed by atoms with van der Waals surface area (Å²) in [5.41, 5.74) is 0.403. The summed E-state index contributed by atoms with van der Waals surface area (Å²) in [6.07, 6.45) is 7.25. The molecule has 3 fully saturated rings. The van der Waals surface area contributed by atoms with Crippen molar-refractivity contribution in [2.45, 2.75) is 44.1 Å². The minimum Gasteiger partial charge on any atom is -0.342 e. The third-order valence-corrected chi connectivity index (χ3v) is 4.29. The first kappa shape index (κ1) is 9.64. The Bertz CT molecular complexity index is 257. The summed E-state index contributed by atoms with van der Waals surface area (Å²) < 4.78 is 0. The maximum atomic E-state index is 11.9. The molecular formula is C12H20N2O. The molecule has 2 aliphatic heterocycles.